The third-order valence-corrected chi connectivity index (χ3v) is 22.3. The van der Waals surface area contributed by atoms with Crippen LogP contribution < -0.4 is 38.8 Å². The van der Waals surface area contributed by atoms with Crippen LogP contribution in [0.5, 0.6) is 52.0 Å². The van der Waals surface area contributed by atoms with E-state index < -0.39 is 11.1 Å². The van der Waals surface area contributed by atoms with Crippen LogP contribution in [-0.2, 0) is 101 Å². The molecule has 0 spiro atoms. The zero-order chi connectivity index (χ0) is 86.5. The van der Waals surface area contributed by atoms with Crippen LogP contribution in [0.4, 0.5) is 34.1 Å². The fourth-order valence-corrected chi connectivity index (χ4v) is 15.6. The topological polar surface area (TPSA) is 196 Å². The van der Waals surface area contributed by atoms with Crippen LogP contribution in [0.1, 0.15) is 58.5 Å². The smallest absolute Gasteiger partial charge is 0.506 e. The Morgan fingerprint density at radius 1 is 0.323 bits per heavy atom. The van der Waals surface area contributed by atoms with Gasteiger partial charge in [-0.15, -0.1) is 60.6 Å². The molecule has 0 saturated heterocycles. The summed E-state index contributed by atoms with van der Waals surface area (Å²) in [5, 5.41) is 47.2. The fraction of sp³-hybridized carbons (Fsp3) is 0.0857. The summed E-state index contributed by atoms with van der Waals surface area (Å²) in [4.78, 5) is 38.5. The van der Waals surface area contributed by atoms with Gasteiger partial charge in [0.25, 0.3) is 0 Å². The first-order valence-corrected chi connectivity index (χ1v) is 41.0. The first-order valence-electron chi connectivity index (χ1n) is 41.0. The van der Waals surface area contributed by atoms with Gasteiger partial charge in [-0.3, -0.25) is 0 Å². The Hall–Kier alpha value is -13.4. The van der Waals surface area contributed by atoms with Gasteiger partial charge in [-0.1, -0.05) is 138 Å². The molecule has 17 aromatic rings. The van der Waals surface area contributed by atoms with Gasteiger partial charge in [0.15, 0.2) is 0 Å². The van der Waals surface area contributed by atoms with E-state index >= 15 is 0 Å². The fourth-order valence-electron chi connectivity index (χ4n) is 15.6. The molecule has 658 valence electrons. The molecule has 6 aromatic heterocycles. The number of hydroxylamine groups is 2. The van der Waals surface area contributed by atoms with Crippen LogP contribution in [0.3, 0.4) is 0 Å². The third-order valence-electron chi connectivity index (χ3n) is 22.3. The molecular formula is C105H86N14O7Pt4. The molecule has 130 heavy (non-hydrogen) atoms. The van der Waals surface area contributed by atoms with Crippen molar-refractivity contribution in [2.45, 2.75) is 58.2 Å². The molecule has 0 unspecified atom stereocenters. The first-order chi connectivity index (χ1) is 61.4. The average Bonchev–Trinajstić information content (AvgIpc) is 1.60. The van der Waals surface area contributed by atoms with E-state index in [-0.39, 0.29) is 113 Å². The minimum Gasteiger partial charge on any atom is -0.506 e. The number of para-hydroxylation sites is 14. The predicted molar refractivity (Wildman–Crippen MR) is 495 cm³/mol. The number of hydrogen-bond acceptors (Lipinski definition) is 19. The molecular weight excluding hydrogens is 2350 g/mol. The molecule has 0 fully saturated rings. The van der Waals surface area contributed by atoms with E-state index in [9.17, 15) is 20.4 Å². The largest absolute Gasteiger partial charge is 2.00 e. The van der Waals surface area contributed by atoms with Gasteiger partial charge < -0.3 is 83.2 Å². The second-order valence-electron chi connectivity index (χ2n) is 31.4. The molecule has 10 heterocycles. The summed E-state index contributed by atoms with van der Waals surface area (Å²) >= 11 is 0. The van der Waals surface area contributed by atoms with E-state index in [1.54, 1.807) is 84.9 Å². The summed E-state index contributed by atoms with van der Waals surface area (Å²) in [5.74, 6) is 5.24. The van der Waals surface area contributed by atoms with Gasteiger partial charge in [0.1, 0.15) is 34.6 Å². The molecule has 4 N–H and O–H groups in total. The Kier molecular flexibility index (Phi) is 28.9. The van der Waals surface area contributed by atoms with Crippen molar-refractivity contribution in [3.05, 3.63) is 433 Å². The first kappa shape index (κ1) is 92.8. The maximum atomic E-state index is 10.6. The third kappa shape index (κ3) is 19.3. The number of fused-ring (bicyclic) bond motifs is 7. The van der Waals surface area contributed by atoms with Crippen molar-refractivity contribution in [1.29, 1.82) is 0 Å². The van der Waals surface area contributed by atoms with Gasteiger partial charge in [-0.25, -0.2) is 19.9 Å². The summed E-state index contributed by atoms with van der Waals surface area (Å²) in [6.07, 6.45) is 14.7. The molecule has 0 radical (unpaired) electrons. The summed E-state index contributed by atoms with van der Waals surface area (Å²) < 4.78 is 15.9. The standard InChI is InChI=1S/C33H26N4O.C29H24N4O.C23H21N3O2.C20H15N3O3.4Pt/c1-33(2,36-22-35(27-16-7-8-17-28(27)36)29-18-9-10-19-30(29)38)31-20-11-21-32(34-31)37-25-14-5-3-12-23(25)24-13-4-6-15-26(24)37;1-29(2,32-19-18-31(20-32)25-14-7-8-15-26(25)34)27-16-9-17-28(30-27)33-23-12-5-3-10-21(23)22-11-4-6-13-24(22)33;1-23(2,26-15-14-25(17-26)20-10-3-4-11-21(20)27)18-8-7-9-19(16-18)28-22-12-5-6-13-24-22;24-19-9-2-1-8-18(19)22-12-13-23(15-22)26-17-7-5-6-16(14-17)25-20-10-3-4-11-21-20;;;;/h3-14,16-22,38H,1-2H3;3-12,14-20,34H,1-2H3;3-15,17,27H,1-2H3;1-13,15,24H;;;;/q4*-2;4*+2. The number of anilines is 6. The van der Waals surface area contributed by atoms with Crippen LogP contribution in [0.25, 0.3) is 55.2 Å². The summed E-state index contributed by atoms with van der Waals surface area (Å²) in [6, 6.07) is 114. The van der Waals surface area contributed by atoms with E-state index in [1.807, 2.05) is 217 Å². The monoisotopic (exact) mass is 2430 g/mol. The number of phenols is 4. The number of benzene rings is 11. The molecule has 4 aliphatic rings. The summed E-state index contributed by atoms with van der Waals surface area (Å²) in [6.45, 7) is 20.6. The number of pyridine rings is 4. The van der Waals surface area contributed by atoms with Crippen molar-refractivity contribution < 1.29 is 119 Å². The predicted octanol–water partition coefficient (Wildman–Crippen LogP) is 23.1. The average molecular weight is 2440 g/mol. The van der Waals surface area contributed by atoms with Crippen LogP contribution >= 0.6 is 0 Å². The van der Waals surface area contributed by atoms with Crippen molar-refractivity contribution in [3.63, 3.8) is 0 Å². The van der Waals surface area contributed by atoms with Gasteiger partial charge >= 0.3 is 84.3 Å². The van der Waals surface area contributed by atoms with Gasteiger partial charge in [-0.2, -0.15) is 73.4 Å². The molecule has 0 amide bonds. The summed E-state index contributed by atoms with van der Waals surface area (Å²) in [7, 11) is 0. The Morgan fingerprint density at radius 2 is 0.723 bits per heavy atom. The van der Waals surface area contributed by atoms with Crippen molar-refractivity contribution in [1.82, 2.24) is 43.9 Å². The zero-order valence-electron chi connectivity index (χ0n) is 71.0. The minimum atomic E-state index is -0.492. The van der Waals surface area contributed by atoms with Gasteiger partial charge in [0.2, 0.25) is 11.8 Å². The quantitative estimate of drug-likeness (QED) is 0.0592. The van der Waals surface area contributed by atoms with E-state index in [4.69, 9.17) is 24.3 Å². The number of aromatic nitrogens is 6. The van der Waals surface area contributed by atoms with Gasteiger partial charge in [-0.05, 0) is 193 Å². The molecule has 0 saturated carbocycles. The van der Waals surface area contributed by atoms with Crippen molar-refractivity contribution in [2.24, 2.45) is 0 Å². The Bertz CT molecular complexity index is 6790. The normalized spacial score (nSPS) is 13.2. The molecule has 11 aromatic carbocycles. The number of phenolic OH excluding ortho intramolecular Hbond substituents is 4. The van der Waals surface area contributed by atoms with E-state index in [2.05, 4.69) is 209 Å². The van der Waals surface area contributed by atoms with Crippen LogP contribution in [-0.4, -0.2) is 64.4 Å². The van der Waals surface area contributed by atoms with Crippen LogP contribution in [0, 0.1) is 50.9 Å². The SMILES string of the molecule is CC(C)(c1[c-]c(Oc2ccccn2)ccc1)N1C=CN(c2ccccc2O)[CH-]1.CC(C)(c1cccc(-n2c3[c-]cccc3c3ccccc32)n1)N1C=CN(c2ccccc2O)[CH-]1.CC(C)(c1cccc(-n2c3[c-]cccc3c3ccccc32)n1)N1[CH-]N(c2ccccc2O)c2ccccc21.Oc1ccccc1N1C=CN(Oc2[c-]c(Oc3ccccn3)ccc2)[CH-]1.[Pt+2].[Pt+2].[Pt+2].[Pt+2]. The number of hydrogen-bond donors (Lipinski definition) is 4. The Morgan fingerprint density at radius 3 is 1.22 bits per heavy atom. The molecule has 0 bridgehead atoms. The zero-order valence-corrected chi connectivity index (χ0v) is 80.1. The Labute approximate surface area is 813 Å². The molecule has 0 aliphatic carbocycles. The van der Waals surface area contributed by atoms with E-state index in [0.29, 0.717) is 34.7 Å². The number of ether oxygens (including phenoxy) is 2. The van der Waals surface area contributed by atoms with Crippen molar-refractivity contribution >= 4 is 77.7 Å². The maximum absolute atomic E-state index is 10.6. The van der Waals surface area contributed by atoms with E-state index in [1.165, 1.54) is 21.2 Å². The molecule has 21 nitrogen and oxygen atoms in total. The van der Waals surface area contributed by atoms with Crippen LogP contribution in [0.15, 0.2) is 365 Å². The van der Waals surface area contributed by atoms with Crippen molar-refractivity contribution in [2.75, 3.05) is 24.5 Å². The Balaban J connectivity index is 0.000000140. The number of aromatic hydroxyl groups is 4. The maximum Gasteiger partial charge on any atom is 2.00 e. The molecule has 0 atom stereocenters. The minimum absolute atomic E-state index is 0. The molecule has 25 heteroatoms. The van der Waals surface area contributed by atoms with Gasteiger partial charge in [0, 0.05) is 75.9 Å². The summed E-state index contributed by atoms with van der Waals surface area (Å²) in [5.41, 5.74) is 10.7. The number of nitrogens with zero attached hydrogens (tertiary/aromatic N) is 14. The molecule has 4 aliphatic heterocycles. The van der Waals surface area contributed by atoms with Crippen molar-refractivity contribution in [3.8, 4) is 63.6 Å². The second-order valence-corrected chi connectivity index (χ2v) is 31.4. The second kappa shape index (κ2) is 40.5. The number of rotatable bonds is 18. The van der Waals surface area contributed by atoms with E-state index in [0.717, 1.165) is 84.5 Å². The molecule has 21 rings (SSSR count). The van der Waals surface area contributed by atoms with Crippen LogP contribution in [0.2, 0.25) is 0 Å². The van der Waals surface area contributed by atoms with Gasteiger partial charge in [0.05, 0.1) is 45.2 Å².